The quantitative estimate of drug-likeness (QED) is 0.351. The molecule has 0 aliphatic carbocycles. The number of carbonyl (C=O) groups excluding carboxylic acids is 3. The predicted molar refractivity (Wildman–Crippen MR) is 107 cm³/mol. The number of hydrogen-bond donors (Lipinski definition) is 2. The molecule has 1 atom stereocenters. The van der Waals surface area contributed by atoms with Crippen LogP contribution in [0.15, 0.2) is 71.3 Å². The lowest BCUT2D eigenvalue weighted by Crippen LogP contribution is -2.41. The van der Waals surface area contributed by atoms with Gasteiger partial charge in [-0.2, -0.15) is 0 Å². The number of hydrogen-bond acceptors (Lipinski definition) is 6. The number of nitro benzene ring substituents is 1. The number of nitrogens with zero attached hydrogens (tertiary/aromatic N) is 1. The fraction of sp³-hybridized carbons (Fsp3) is 0.0952. The molecule has 0 unspecified atom stereocenters. The van der Waals surface area contributed by atoms with Crippen molar-refractivity contribution >= 4 is 29.0 Å². The van der Waals surface area contributed by atoms with Crippen molar-refractivity contribution in [1.29, 1.82) is 0 Å². The molecule has 0 bridgehead atoms. The number of ketones is 1. The highest BCUT2D eigenvalue weighted by Gasteiger charge is 2.23. The van der Waals surface area contributed by atoms with Crippen LogP contribution in [0.25, 0.3) is 0 Å². The number of furan rings is 1. The van der Waals surface area contributed by atoms with Crippen LogP contribution in [0, 0.1) is 10.1 Å². The number of non-ortho nitro benzene ring substituents is 1. The predicted octanol–water partition coefficient (Wildman–Crippen LogP) is 3.18. The Morgan fingerprint density at radius 3 is 2.40 bits per heavy atom. The smallest absolute Gasteiger partial charge is 0.287 e. The van der Waals surface area contributed by atoms with E-state index in [-0.39, 0.29) is 22.7 Å². The van der Waals surface area contributed by atoms with Crippen LogP contribution < -0.4 is 10.6 Å². The minimum Gasteiger partial charge on any atom is -0.459 e. The van der Waals surface area contributed by atoms with E-state index in [0.717, 1.165) is 6.07 Å². The summed E-state index contributed by atoms with van der Waals surface area (Å²) < 4.78 is 4.98. The van der Waals surface area contributed by atoms with Crippen LogP contribution in [0.3, 0.4) is 0 Å². The zero-order valence-electron chi connectivity index (χ0n) is 15.8. The van der Waals surface area contributed by atoms with Gasteiger partial charge in [-0.3, -0.25) is 24.5 Å². The maximum absolute atomic E-state index is 12.9. The van der Waals surface area contributed by atoms with Gasteiger partial charge in [0.1, 0.15) is 6.04 Å². The number of amides is 2. The van der Waals surface area contributed by atoms with E-state index in [1.807, 2.05) is 0 Å². The van der Waals surface area contributed by atoms with Gasteiger partial charge in [0.25, 0.3) is 11.6 Å². The first kappa shape index (κ1) is 20.5. The Morgan fingerprint density at radius 2 is 1.77 bits per heavy atom. The van der Waals surface area contributed by atoms with Gasteiger partial charge in [-0.15, -0.1) is 0 Å². The van der Waals surface area contributed by atoms with E-state index in [4.69, 9.17) is 4.42 Å². The van der Waals surface area contributed by atoms with Gasteiger partial charge in [0.15, 0.2) is 11.5 Å². The summed E-state index contributed by atoms with van der Waals surface area (Å²) in [4.78, 5) is 48.0. The fourth-order valence-electron chi connectivity index (χ4n) is 2.67. The van der Waals surface area contributed by atoms with E-state index in [0.29, 0.717) is 5.56 Å². The van der Waals surface area contributed by atoms with E-state index in [9.17, 15) is 24.5 Å². The molecule has 3 rings (SSSR count). The van der Waals surface area contributed by atoms with Gasteiger partial charge in [-0.1, -0.05) is 30.3 Å². The van der Waals surface area contributed by atoms with Crippen molar-refractivity contribution in [3.63, 3.8) is 0 Å². The summed E-state index contributed by atoms with van der Waals surface area (Å²) >= 11 is 0. The van der Waals surface area contributed by atoms with Crippen molar-refractivity contribution in [2.75, 3.05) is 5.32 Å². The highest BCUT2D eigenvalue weighted by atomic mass is 16.6. The van der Waals surface area contributed by atoms with Crippen molar-refractivity contribution < 1.29 is 23.7 Å². The van der Waals surface area contributed by atoms with Crippen LogP contribution in [0.1, 0.15) is 33.4 Å². The van der Waals surface area contributed by atoms with Gasteiger partial charge in [-0.05, 0) is 25.1 Å². The maximum Gasteiger partial charge on any atom is 0.287 e. The molecule has 1 heterocycles. The molecule has 0 aliphatic rings. The second-order valence-corrected chi connectivity index (χ2v) is 6.34. The Hall–Kier alpha value is -4.27. The third kappa shape index (κ3) is 4.58. The third-order valence-corrected chi connectivity index (χ3v) is 4.24. The summed E-state index contributed by atoms with van der Waals surface area (Å²) in [5, 5.41) is 16.2. The molecular formula is C21H17N3O6. The minimum atomic E-state index is -0.961. The van der Waals surface area contributed by atoms with E-state index in [1.165, 1.54) is 37.5 Å². The fourth-order valence-corrected chi connectivity index (χ4v) is 2.67. The Kier molecular flexibility index (Phi) is 6.02. The lowest BCUT2D eigenvalue weighted by atomic mass is 10.0. The molecule has 0 saturated carbocycles. The van der Waals surface area contributed by atoms with Crippen LogP contribution >= 0.6 is 0 Å². The molecule has 9 heteroatoms. The van der Waals surface area contributed by atoms with Crippen LogP contribution in [0.4, 0.5) is 11.4 Å². The van der Waals surface area contributed by atoms with E-state index in [1.54, 1.807) is 30.3 Å². The molecule has 3 aromatic rings. The molecule has 0 aliphatic heterocycles. The summed E-state index contributed by atoms with van der Waals surface area (Å²) in [5.41, 5.74) is 0.0889. The van der Waals surface area contributed by atoms with Gasteiger partial charge in [-0.25, -0.2) is 0 Å². The second-order valence-electron chi connectivity index (χ2n) is 6.34. The highest BCUT2D eigenvalue weighted by molar-refractivity contribution is 6.14. The molecule has 9 nitrogen and oxygen atoms in total. The monoisotopic (exact) mass is 407 g/mol. The molecule has 2 aromatic carbocycles. The summed E-state index contributed by atoms with van der Waals surface area (Å²) in [6, 6.07) is 13.8. The van der Waals surface area contributed by atoms with Crippen LogP contribution in [0.5, 0.6) is 0 Å². The normalized spacial score (nSPS) is 11.4. The molecule has 1 aromatic heterocycles. The van der Waals surface area contributed by atoms with E-state index < -0.39 is 28.6 Å². The van der Waals surface area contributed by atoms with Gasteiger partial charge in [0.05, 0.1) is 22.4 Å². The van der Waals surface area contributed by atoms with E-state index >= 15 is 0 Å². The van der Waals surface area contributed by atoms with Gasteiger partial charge in [0, 0.05) is 17.7 Å². The zero-order valence-corrected chi connectivity index (χ0v) is 15.8. The third-order valence-electron chi connectivity index (χ3n) is 4.24. The Morgan fingerprint density at radius 1 is 1.03 bits per heavy atom. The maximum atomic E-state index is 12.9. The molecule has 0 spiro atoms. The number of rotatable bonds is 7. The van der Waals surface area contributed by atoms with Gasteiger partial charge >= 0.3 is 0 Å². The first-order chi connectivity index (χ1) is 14.4. The second kappa shape index (κ2) is 8.82. The van der Waals surface area contributed by atoms with Crippen LogP contribution in [-0.4, -0.2) is 28.6 Å². The molecule has 152 valence electrons. The van der Waals surface area contributed by atoms with Gasteiger partial charge in [0.2, 0.25) is 5.91 Å². The first-order valence-electron chi connectivity index (χ1n) is 8.90. The number of carbonyl (C=O) groups is 3. The highest BCUT2D eigenvalue weighted by Crippen LogP contribution is 2.25. The molecule has 0 saturated heterocycles. The van der Waals surface area contributed by atoms with Gasteiger partial charge < -0.3 is 15.1 Å². The number of nitro groups is 1. The van der Waals surface area contributed by atoms with Crippen molar-refractivity contribution in [2.45, 2.75) is 13.0 Å². The molecule has 2 N–H and O–H groups in total. The van der Waals surface area contributed by atoms with Crippen molar-refractivity contribution in [3.05, 3.63) is 93.9 Å². The molecule has 2 amide bonds. The summed E-state index contributed by atoms with van der Waals surface area (Å²) in [6.07, 6.45) is 1.33. The average molecular weight is 407 g/mol. The van der Waals surface area contributed by atoms with E-state index in [2.05, 4.69) is 10.6 Å². The Labute approximate surface area is 170 Å². The van der Waals surface area contributed by atoms with Crippen molar-refractivity contribution in [3.8, 4) is 0 Å². The standard InChI is InChI=1S/C21H17N3O6/c1-13(22-21(27)18-8-5-11-30-18)20(26)23-17-10-9-15(24(28)29)12-16(17)19(25)14-6-3-2-4-7-14/h2-13H,1H3,(H,22,27)(H,23,26)/t13-/m1/s1. The molecule has 30 heavy (non-hydrogen) atoms. The largest absolute Gasteiger partial charge is 0.459 e. The minimum absolute atomic E-state index is 0.0340. The summed E-state index contributed by atoms with van der Waals surface area (Å²) in [6.45, 7) is 1.46. The number of benzene rings is 2. The summed E-state index contributed by atoms with van der Waals surface area (Å²) in [5.74, 6) is -1.62. The summed E-state index contributed by atoms with van der Waals surface area (Å²) in [7, 11) is 0. The lowest BCUT2D eigenvalue weighted by molar-refractivity contribution is -0.384. The van der Waals surface area contributed by atoms with Crippen LogP contribution in [-0.2, 0) is 4.79 Å². The zero-order chi connectivity index (χ0) is 21.7. The molecule has 0 fully saturated rings. The number of anilines is 1. The van der Waals surface area contributed by atoms with Crippen LogP contribution in [0.2, 0.25) is 0 Å². The SMILES string of the molecule is C[C@@H](NC(=O)c1ccco1)C(=O)Nc1ccc([N+](=O)[O-])cc1C(=O)c1ccccc1. The average Bonchev–Trinajstić information content (AvgIpc) is 3.29. The topological polar surface area (TPSA) is 132 Å². The first-order valence-corrected chi connectivity index (χ1v) is 8.90. The lowest BCUT2D eigenvalue weighted by Gasteiger charge is -2.15. The number of nitrogens with one attached hydrogen (secondary N) is 2. The Balaban J connectivity index is 1.84. The molecular weight excluding hydrogens is 390 g/mol. The molecule has 0 radical (unpaired) electrons. The van der Waals surface area contributed by atoms with Crippen molar-refractivity contribution in [1.82, 2.24) is 5.32 Å². The Bertz CT molecular complexity index is 1090. The van der Waals surface area contributed by atoms with Crippen molar-refractivity contribution in [2.24, 2.45) is 0 Å².